The zero-order chi connectivity index (χ0) is 19.7. The van der Waals surface area contributed by atoms with Gasteiger partial charge in [0.1, 0.15) is 0 Å². The van der Waals surface area contributed by atoms with Gasteiger partial charge in [0.05, 0.1) is 18.4 Å². The molecule has 3 aromatic rings. The molecule has 3 heterocycles. The number of nitrogens with one attached hydrogen (secondary N) is 2. The van der Waals surface area contributed by atoms with Gasteiger partial charge in [-0.05, 0) is 31.2 Å². The molecule has 4 rings (SSSR count). The highest BCUT2D eigenvalue weighted by Gasteiger charge is 2.25. The smallest absolute Gasteiger partial charge is 0.406 e. The predicted molar refractivity (Wildman–Crippen MR) is 108 cm³/mol. The molecule has 1 atom stereocenters. The largest absolute Gasteiger partial charge is 0.418 e. The number of halogens is 1. The Morgan fingerprint density at radius 3 is 2.89 bits per heavy atom. The van der Waals surface area contributed by atoms with Crippen molar-refractivity contribution in [2.75, 3.05) is 36.4 Å². The number of fused-ring (bicyclic) bond motifs is 1. The molecule has 1 fully saturated rings. The van der Waals surface area contributed by atoms with Crippen molar-refractivity contribution in [3.63, 3.8) is 0 Å². The van der Waals surface area contributed by atoms with Crippen molar-refractivity contribution < 1.29 is 9.21 Å². The summed E-state index contributed by atoms with van der Waals surface area (Å²) in [6.07, 6.45) is 1.49. The number of aromatic nitrogens is 2. The molecule has 1 aliphatic rings. The average molecular weight is 402 g/mol. The minimum Gasteiger partial charge on any atom is -0.406 e. The number of nitrogens with zero attached hydrogens (tertiary/aromatic N) is 3. The zero-order valence-electron chi connectivity index (χ0n) is 15.3. The van der Waals surface area contributed by atoms with Crippen LogP contribution in [0.3, 0.4) is 0 Å². The lowest BCUT2D eigenvalue weighted by Crippen LogP contribution is -2.53. The second-order valence-electron chi connectivity index (χ2n) is 6.88. The molecular weight excluding hydrogens is 382 g/mol. The summed E-state index contributed by atoms with van der Waals surface area (Å²) in [5, 5.41) is 3.53. The summed E-state index contributed by atoms with van der Waals surface area (Å²) in [6.45, 7) is 4.83. The van der Waals surface area contributed by atoms with Crippen molar-refractivity contribution in [3.05, 3.63) is 52.1 Å². The number of benzene rings is 1. The number of hydrogen-bond acceptors (Lipinski definition) is 6. The Morgan fingerprint density at radius 1 is 1.36 bits per heavy atom. The molecule has 9 heteroatoms. The molecule has 0 spiro atoms. The first-order valence-corrected chi connectivity index (χ1v) is 9.39. The van der Waals surface area contributed by atoms with Gasteiger partial charge >= 0.3 is 5.76 Å². The van der Waals surface area contributed by atoms with Crippen molar-refractivity contribution in [2.24, 2.45) is 0 Å². The Hall–Kier alpha value is -2.84. The van der Waals surface area contributed by atoms with Crippen LogP contribution in [0.2, 0.25) is 5.02 Å². The summed E-state index contributed by atoms with van der Waals surface area (Å²) < 4.78 is 4.97. The van der Waals surface area contributed by atoms with Gasteiger partial charge in [0.25, 0.3) is 0 Å². The number of anilines is 2. The van der Waals surface area contributed by atoms with E-state index in [-0.39, 0.29) is 18.5 Å². The van der Waals surface area contributed by atoms with E-state index in [2.05, 4.69) is 32.0 Å². The number of pyridine rings is 1. The second-order valence-corrected chi connectivity index (χ2v) is 7.31. The molecule has 8 nitrogen and oxygen atoms in total. The van der Waals surface area contributed by atoms with E-state index >= 15 is 0 Å². The highest BCUT2D eigenvalue weighted by atomic mass is 35.5. The van der Waals surface area contributed by atoms with Crippen LogP contribution in [-0.4, -0.2) is 53.0 Å². The molecule has 0 saturated carbocycles. The lowest BCUT2D eigenvalue weighted by atomic mass is 10.1. The lowest BCUT2D eigenvalue weighted by Gasteiger charge is -2.40. The number of H-pyrrole nitrogens is 1. The summed E-state index contributed by atoms with van der Waals surface area (Å²) in [6, 6.07) is 9.61. The number of aromatic amines is 1. The third-order valence-corrected chi connectivity index (χ3v) is 5.12. The van der Waals surface area contributed by atoms with Crippen molar-refractivity contribution in [1.29, 1.82) is 0 Å². The van der Waals surface area contributed by atoms with Gasteiger partial charge in [-0.3, -0.25) is 14.7 Å². The van der Waals surface area contributed by atoms with E-state index in [0.717, 1.165) is 30.3 Å². The van der Waals surface area contributed by atoms with E-state index in [1.807, 2.05) is 24.3 Å². The summed E-state index contributed by atoms with van der Waals surface area (Å²) >= 11 is 5.96. The van der Waals surface area contributed by atoms with Crippen LogP contribution in [0.1, 0.15) is 6.92 Å². The van der Waals surface area contributed by atoms with E-state index in [9.17, 15) is 9.59 Å². The van der Waals surface area contributed by atoms with Crippen LogP contribution in [-0.2, 0) is 4.79 Å². The number of oxazole rings is 1. The van der Waals surface area contributed by atoms with Crippen LogP contribution in [0.15, 0.2) is 45.7 Å². The second kappa shape index (κ2) is 7.65. The van der Waals surface area contributed by atoms with Gasteiger partial charge in [0.2, 0.25) is 5.91 Å². The summed E-state index contributed by atoms with van der Waals surface area (Å²) in [4.78, 5) is 34.6. The normalized spacial score (nSPS) is 17.8. The maximum Gasteiger partial charge on any atom is 0.418 e. The number of carbonyl (C=O) groups is 1. The minimum atomic E-state index is -0.571. The monoisotopic (exact) mass is 401 g/mol. The number of amides is 1. The molecule has 0 bridgehead atoms. The Balaban J connectivity index is 1.35. The van der Waals surface area contributed by atoms with Gasteiger partial charge in [-0.1, -0.05) is 11.6 Å². The first-order chi connectivity index (χ1) is 13.5. The summed E-state index contributed by atoms with van der Waals surface area (Å²) in [7, 11) is 0. The van der Waals surface area contributed by atoms with Gasteiger partial charge in [-0.15, -0.1) is 0 Å². The standard InChI is InChI=1S/C19H20ClN5O3/c1-12-10-25(15-4-2-13(20)3-5-15)7-6-24(12)11-17(26)22-14-8-16-18(21-9-14)23-19(27)28-16/h2-5,8-9,12H,6-7,10-11H2,1H3,(H,22,26)(H,21,23,27)/t12-/m1/s1. The molecule has 1 aromatic carbocycles. The van der Waals surface area contributed by atoms with Crippen molar-refractivity contribution in [1.82, 2.24) is 14.9 Å². The fourth-order valence-corrected chi connectivity index (χ4v) is 3.53. The van der Waals surface area contributed by atoms with Crippen LogP contribution in [0.25, 0.3) is 11.2 Å². The molecule has 0 aliphatic carbocycles. The van der Waals surface area contributed by atoms with Crippen LogP contribution in [0, 0.1) is 0 Å². The third-order valence-electron chi connectivity index (χ3n) is 4.86. The third kappa shape index (κ3) is 4.02. The first-order valence-electron chi connectivity index (χ1n) is 9.01. The van der Waals surface area contributed by atoms with E-state index in [4.69, 9.17) is 16.0 Å². The lowest BCUT2D eigenvalue weighted by molar-refractivity contribution is -0.117. The molecule has 2 N–H and O–H groups in total. The highest BCUT2D eigenvalue weighted by molar-refractivity contribution is 6.30. The van der Waals surface area contributed by atoms with Gasteiger partial charge in [0, 0.05) is 42.5 Å². The number of hydrogen-bond donors (Lipinski definition) is 2. The van der Waals surface area contributed by atoms with E-state index in [1.54, 1.807) is 6.07 Å². The average Bonchev–Trinajstić information content (AvgIpc) is 3.03. The van der Waals surface area contributed by atoms with Crippen molar-refractivity contribution in [2.45, 2.75) is 13.0 Å². The van der Waals surface area contributed by atoms with E-state index < -0.39 is 5.76 Å². The maximum absolute atomic E-state index is 12.4. The van der Waals surface area contributed by atoms with Gasteiger partial charge in [-0.2, -0.15) is 0 Å². The fraction of sp³-hybridized carbons (Fsp3) is 0.316. The fourth-order valence-electron chi connectivity index (χ4n) is 3.41. The summed E-state index contributed by atoms with van der Waals surface area (Å²) in [5.74, 6) is -0.704. The molecule has 0 radical (unpaired) electrons. The maximum atomic E-state index is 12.4. The first kappa shape index (κ1) is 18.5. The number of rotatable bonds is 4. The predicted octanol–water partition coefficient (Wildman–Crippen LogP) is 2.32. The number of carbonyl (C=O) groups excluding carboxylic acids is 1. The van der Waals surface area contributed by atoms with Gasteiger partial charge < -0.3 is 14.6 Å². The quantitative estimate of drug-likeness (QED) is 0.696. The topological polar surface area (TPSA) is 94.5 Å². The zero-order valence-corrected chi connectivity index (χ0v) is 16.1. The molecule has 28 heavy (non-hydrogen) atoms. The molecule has 0 unspecified atom stereocenters. The highest BCUT2D eigenvalue weighted by Crippen LogP contribution is 2.21. The number of piperazine rings is 1. The Bertz CT molecular complexity index is 1050. The Labute approximate surface area is 166 Å². The molecule has 1 amide bonds. The van der Waals surface area contributed by atoms with Crippen LogP contribution < -0.4 is 16.0 Å². The van der Waals surface area contributed by atoms with Crippen LogP contribution in [0.5, 0.6) is 0 Å². The molecule has 146 valence electrons. The van der Waals surface area contributed by atoms with Crippen LogP contribution >= 0.6 is 11.6 Å². The van der Waals surface area contributed by atoms with Crippen LogP contribution in [0.4, 0.5) is 11.4 Å². The molecule has 1 saturated heterocycles. The Kier molecular flexibility index (Phi) is 5.06. The SMILES string of the molecule is C[C@@H]1CN(c2ccc(Cl)cc2)CCN1CC(=O)Nc1cnc2[nH]c(=O)oc2c1. The molecular formula is C19H20ClN5O3. The van der Waals surface area contributed by atoms with Gasteiger partial charge in [-0.25, -0.2) is 9.78 Å². The van der Waals surface area contributed by atoms with Gasteiger partial charge in [0.15, 0.2) is 11.2 Å². The van der Waals surface area contributed by atoms with E-state index in [1.165, 1.54) is 6.20 Å². The molecule has 1 aliphatic heterocycles. The van der Waals surface area contributed by atoms with E-state index in [0.29, 0.717) is 16.9 Å². The van der Waals surface area contributed by atoms with Crippen molar-refractivity contribution in [3.8, 4) is 0 Å². The Morgan fingerprint density at radius 2 is 2.14 bits per heavy atom. The minimum absolute atomic E-state index is 0.133. The molecule has 2 aromatic heterocycles. The summed E-state index contributed by atoms with van der Waals surface area (Å²) in [5.41, 5.74) is 2.29. The van der Waals surface area contributed by atoms with Crippen molar-refractivity contribution >= 4 is 40.1 Å².